The normalized spacial score (nSPS) is 12.0. The van der Waals surface area contributed by atoms with Crippen molar-refractivity contribution in [1.82, 2.24) is 14.8 Å². The van der Waals surface area contributed by atoms with Crippen LogP contribution in [0.25, 0.3) is 16.7 Å². The van der Waals surface area contributed by atoms with Crippen molar-refractivity contribution in [1.29, 1.82) is 0 Å². The quantitative estimate of drug-likeness (QED) is 0.741. The van der Waals surface area contributed by atoms with Gasteiger partial charge in [-0.1, -0.05) is 23.7 Å². The Labute approximate surface area is 127 Å². The van der Waals surface area contributed by atoms with E-state index in [1.54, 1.807) is 24.3 Å². The number of aromatic amines is 1. The van der Waals surface area contributed by atoms with E-state index in [2.05, 4.69) is 10.1 Å². The van der Waals surface area contributed by atoms with Gasteiger partial charge in [0, 0.05) is 6.07 Å². The molecule has 0 aliphatic rings. The van der Waals surface area contributed by atoms with Crippen LogP contribution in [0.1, 0.15) is 11.3 Å². The molecule has 4 nitrogen and oxygen atoms in total. The van der Waals surface area contributed by atoms with Gasteiger partial charge in [-0.2, -0.15) is 18.3 Å². The van der Waals surface area contributed by atoms with Gasteiger partial charge in [0.05, 0.1) is 27.4 Å². The summed E-state index contributed by atoms with van der Waals surface area (Å²) in [4.78, 5) is 14.0. The second kappa shape index (κ2) is 4.88. The highest BCUT2D eigenvalue weighted by Gasteiger charge is 2.35. The molecule has 0 amide bonds. The maximum Gasteiger partial charge on any atom is 0.417 e. The van der Waals surface area contributed by atoms with E-state index in [9.17, 15) is 18.0 Å². The molecule has 8 heteroatoms. The molecule has 0 spiro atoms. The number of nitrogens with one attached hydrogen (secondary N) is 1. The molecule has 0 saturated heterocycles. The molecule has 2 aromatic heterocycles. The van der Waals surface area contributed by atoms with Crippen LogP contribution in [-0.2, 0) is 6.18 Å². The zero-order chi connectivity index (χ0) is 16.1. The third-order valence-electron chi connectivity index (χ3n) is 3.23. The lowest BCUT2D eigenvalue weighted by molar-refractivity contribution is -0.136. The fraction of sp³-hybridized carbons (Fsp3) is 0.143. The Bertz CT molecular complexity index is 927. The number of benzene rings is 1. The lowest BCUT2D eigenvalue weighted by Crippen LogP contribution is -2.14. The van der Waals surface area contributed by atoms with E-state index in [-0.39, 0.29) is 16.7 Å². The summed E-state index contributed by atoms with van der Waals surface area (Å²) in [5, 5.41) is 4.26. The number of halogens is 4. The number of alkyl halides is 3. The number of rotatable bonds is 1. The summed E-state index contributed by atoms with van der Waals surface area (Å²) in [5.41, 5.74) is -1.36. The second-order valence-corrected chi connectivity index (χ2v) is 5.12. The predicted molar refractivity (Wildman–Crippen MR) is 76.4 cm³/mol. The Morgan fingerprint density at radius 1 is 1.27 bits per heavy atom. The SMILES string of the molecule is Cc1nn(-c2ccccc2Cl)c2[nH]c(=O)cc(C(F)(F)F)c12. The van der Waals surface area contributed by atoms with Gasteiger partial charge in [-0.15, -0.1) is 0 Å². The maximum absolute atomic E-state index is 13.2. The smallest absolute Gasteiger partial charge is 0.306 e. The Balaban J connectivity index is 2.44. The van der Waals surface area contributed by atoms with E-state index in [4.69, 9.17) is 11.6 Å². The Hall–Kier alpha value is -2.28. The van der Waals surface area contributed by atoms with Gasteiger partial charge in [-0.3, -0.25) is 4.79 Å². The van der Waals surface area contributed by atoms with E-state index >= 15 is 0 Å². The molecule has 3 rings (SSSR count). The highest BCUT2D eigenvalue weighted by molar-refractivity contribution is 6.32. The van der Waals surface area contributed by atoms with Crippen LogP contribution in [0.5, 0.6) is 0 Å². The van der Waals surface area contributed by atoms with Gasteiger partial charge >= 0.3 is 6.18 Å². The molecule has 3 aromatic rings. The van der Waals surface area contributed by atoms with Crippen LogP contribution in [0.4, 0.5) is 13.2 Å². The second-order valence-electron chi connectivity index (χ2n) is 4.72. The molecular formula is C14H9ClF3N3O. The maximum atomic E-state index is 13.2. The number of nitrogens with zero attached hydrogens (tertiary/aromatic N) is 2. The van der Waals surface area contributed by atoms with E-state index in [0.29, 0.717) is 16.8 Å². The van der Waals surface area contributed by atoms with Gasteiger partial charge in [0.1, 0.15) is 5.65 Å². The third kappa shape index (κ3) is 2.27. The molecular weight excluding hydrogens is 319 g/mol. The van der Waals surface area contributed by atoms with Crippen molar-refractivity contribution < 1.29 is 13.2 Å². The minimum Gasteiger partial charge on any atom is -0.306 e. The van der Waals surface area contributed by atoms with Crippen molar-refractivity contribution in [2.75, 3.05) is 0 Å². The topological polar surface area (TPSA) is 50.7 Å². The van der Waals surface area contributed by atoms with Crippen LogP contribution < -0.4 is 5.56 Å². The fourth-order valence-corrected chi connectivity index (χ4v) is 2.56. The number of aromatic nitrogens is 3. The minimum atomic E-state index is -4.65. The Morgan fingerprint density at radius 3 is 2.59 bits per heavy atom. The molecule has 2 heterocycles. The summed E-state index contributed by atoms with van der Waals surface area (Å²) in [6.07, 6.45) is -4.65. The van der Waals surface area contributed by atoms with Crippen LogP contribution in [0, 0.1) is 6.92 Å². The highest BCUT2D eigenvalue weighted by Crippen LogP contribution is 2.35. The molecule has 0 fully saturated rings. The van der Waals surface area contributed by atoms with Crippen LogP contribution >= 0.6 is 11.6 Å². The first kappa shape index (κ1) is 14.6. The van der Waals surface area contributed by atoms with Crippen LogP contribution in [0.15, 0.2) is 35.1 Å². The molecule has 0 aliphatic heterocycles. The van der Waals surface area contributed by atoms with Crippen molar-refractivity contribution in [3.05, 3.63) is 57.0 Å². The molecule has 22 heavy (non-hydrogen) atoms. The average Bonchev–Trinajstić information content (AvgIpc) is 2.74. The molecule has 0 bridgehead atoms. The largest absolute Gasteiger partial charge is 0.417 e. The first-order valence-electron chi connectivity index (χ1n) is 6.24. The van der Waals surface area contributed by atoms with Gasteiger partial charge in [-0.05, 0) is 19.1 Å². The first-order valence-corrected chi connectivity index (χ1v) is 6.61. The average molecular weight is 328 g/mol. The summed E-state index contributed by atoms with van der Waals surface area (Å²) in [5.74, 6) is 0. The molecule has 0 atom stereocenters. The summed E-state index contributed by atoms with van der Waals surface area (Å²) >= 11 is 6.06. The van der Waals surface area contributed by atoms with E-state index in [1.165, 1.54) is 11.6 Å². The molecule has 0 aliphatic carbocycles. The monoisotopic (exact) mass is 327 g/mol. The Kier molecular flexibility index (Phi) is 3.25. The van der Waals surface area contributed by atoms with Gasteiger partial charge in [0.15, 0.2) is 0 Å². The van der Waals surface area contributed by atoms with Crippen LogP contribution in [-0.4, -0.2) is 14.8 Å². The van der Waals surface area contributed by atoms with Crippen molar-refractivity contribution in [2.24, 2.45) is 0 Å². The van der Waals surface area contributed by atoms with Crippen LogP contribution in [0.2, 0.25) is 5.02 Å². The predicted octanol–water partition coefficient (Wildman–Crippen LogP) is 3.69. The Morgan fingerprint density at radius 2 is 1.95 bits per heavy atom. The number of fused-ring (bicyclic) bond motifs is 1. The molecule has 0 unspecified atom stereocenters. The van der Waals surface area contributed by atoms with Gasteiger partial charge in [0.2, 0.25) is 5.56 Å². The van der Waals surface area contributed by atoms with E-state index in [1.807, 2.05) is 0 Å². The number of para-hydroxylation sites is 1. The first-order chi connectivity index (χ1) is 10.3. The minimum absolute atomic E-state index is 0.0366. The highest BCUT2D eigenvalue weighted by atomic mass is 35.5. The van der Waals surface area contributed by atoms with Crippen LogP contribution in [0.3, 0.4) is 0 Å². The molecule has 0 radical (unpaired) electrons. The number of hydrogen-bond acceptors (Lipinski definition) is 2. The summed E-state index contributed by atoms with van der Waals surface area (Å²) in [6, 6.07) is 7.09. The van der Waals surface area contributed by atoms with Gasteiger partial charge in [-0.25, -0.2) is 4.68 Å². The zero-order valence-corrected chi connectivity index (χ0v) is 12.0. The summed E-state index contributed by atoms with van der Waals surface area (Å²) in [6.45, 7) is 1.45. The van der Waals surface area contributed by atoms with Crippen molar-refractivity contribution in [3.8, 4) is 5.69 Å². The zero-order valence-electron chi connectivity index (χ0n) is 11.2. The molecule has 114 valence electrons. The number of aryl methyl sites for hydroxylation is 1. The summed E-state index contributed by atoms with van der Waals surface area (Å²) < 4.78 is 40.7. The summed E-state index contributed by atoms with van der Waals surface area (Å²) in [7, 11) is 0. The molecule has 1 N–H and O–H groups in total. The fourth-order valence-electron chi connectivity index (χ4n) is 2.34. The van der Waals surface area contributed by atoms with Crippen molar-refractivity contribution in [3.63, 3.8) is 0 Å². The molecule has 1 aromatic carbocycles. The third-order valence-corrected chi connectivity index (χ3v) is 3.55. The van der Waals surface area contributed by atoms with Gasteiger partial charge < -0.3 is 4.98 Å². The number of pyridine rings is 1. The lowest BCUT2D eigenvalue weighted by atomic mass is 10.1. The number of hydrogen-bond donors (Lipinski definition) is 1. The van der Waals surface area contributed by atoms with Crippen molar-refractivity contribution in [2.45, 2.75) is 13.1 Å². The van der Waals surface area contributed by atoms with E-state index in [0.717, 1.165) is 0 Å². The van der Waals surface area contributed by atoms with Crippen molar-refractivity contribution >= 4 is 22.6 Å². The standard InChI is InChI=1S/C14H9ClF3N3O/c1-7-12-8(14(16,17)18)6-11(22)19-13(12)21(20-7)10-5-3-2-4-9(10)15/h2-6H,1H3,(H,19,22). The molecule has 0 saturated carbocycles. The lowest BCUT2D eigenvalue weighted by Gasteiger charge is -2.09. The number of H-pyrrole nitrogens is 1. The van der Waals surface area contributed by atoms with Gasteiger partial charge in [0.25, 0.3) is 0 Å². The van der Waals surface area contributed by atoms with E-state index < -0.39 is 17.3 Å².